The van der Waals surface area contributed by atoms with E-state index in [0.717, 1.165) is 19.3 Å². The van der Waals surface area contributed by atoms with Gasteiger partial charge in [0.1, 0.15) is 0 Å². The van der Waals surface area contributed by atoms with Gasteiger partial charge in [0.05, 0.1) is 0 Å². The molecule has 1 unspecified atom stereocenters. The van der Waals surface area contributed by atoms with Gasteiger partial charge in [0, 0.05) is 12.3 Å². The van der Waals surface area contributed by atoms with Crippen LogP contribution < -0.4 is 0 Å². The molecule has 1 rings (SSSR count). The van der Waals surface area contributed by atoms with E-state index < -0.39 is 23.6 Å². The molecule has 0 saturated carbocycles. The van der Waals surface area contributed by atoms with Gasteiger partial charge in [-0.1, -0.05) is 26.2 Å². The largest absolute Gasteiger partial charge is 0.481 e. The number of carboxylic acid groups (broad SMARTS) is 2. The number of hydrogen-bond donors (Lipinski definition) is 2. The number of carbonyl (C=O) groups is 2. The first-order valence-corrected chi connectivity index (χ1v) is 5.85. The van der Waals surface area contributed by atoms with Crippen LogP contribution in [-0.2, 0) is 19.4 Å². The van der Waals surface area contributed by atoms with Gasteiger partial charge >= 0.3 is 17.7 Å². The molecule has 1 atom stereocenters. The monoisotopic (exact) mass is 246 g/mol. The van der Waals surface area contributed by atoms with Gasteiger partial charge in [-0.05, 0) is 12.8 Å². The quantitative estimate of drug-likeness (QED) is 0.365. The Balaban J connectivity index is 2.52. The average molecular weight is 246 g/mol. The van der Waals surface area contributed by atoms with Gasteiger partial charge in [-0.3, -0.25) is 4.79 Å². The number of aliphatic carboxylic acids is 2. The molecule has 1 heterocycles. The maximum atomic E-state index is 11.0. The van der Waals surface area contributed by atoms with E-state index in [9.17, 15) is 9.59 Å². The van der Waals surface area contributed by atoms with E-state index in [1.54, 1.807) is 0 Å². The summed E-state index contributed by atoms with van der Waals surface area (Å²) in [5.41, 5.74) is 0. The summed E-state index contributed by atoms with van der Waals surface area (Å²) in [5.74, 6) is -4.11. The molecule has 0 aromatic rings. The Morgan fingerprint density at radius 2 is 1.82 bits per heavy atom. The topological polar surface area (TPSA) is 99.7 Å². The Bertz CT molecular complexity index is 284. The minimum Gasteiger partial charge on any atom is -0.481 e. The van der Waals surface area contributed by atoms with Gasteiger partial charge in [0.15, 0.2) is 0 Å². The zero-order valence-corrected chi connectivity index (χ0v) is 9.85. The van der Waals surface area contributed by atoms with Crippen LogP contribution in [-0.4, -0.2) is 27.9 Å². The Kier molecular flexibility index (Phi) is 4.89. The van der Waals surface area contributed by atoms with E-state index in [-0.39, 0.29) is 12.8 Å². The first kappa shape index (κ1) is 13.9. The molecular weight excluding hydrogens is 228 g/mol. The number of hydrogen-bond acceptors (Lipinski definition) is 4. The standard InChI is InChI=1S/C11H18O6/c1-2-3-4-5-8(6-7-9(12)13)11(10(14)15)16-17-11/h8H,2-7H2,1H3,(H,12,13)(H,14,15). The third kappa shape index (κ3) is 3.67. The van der Waals surface area contributed by atoms with Crippen LogP contribution in [0.3, 0.4) is 0 Å². The van der Waals surface area contributed by atoms with Gasteiger partial charge in [0.2, 0.25) is 0 Å². The molecule has 17 heavy (non-hydrogen) atoms. The molecule has 98 valence electrons. The lowest BCUT2D eigenvalue weighted by atomic mass is 9.89. The summed E-state index contributed by atoms with van der Waals surface area (Å²) in [4.78, 5) is 30.7. The van der Waals surface area contributed by atoms with Crippen LogP contribution >= 0.6 is 0 Å². The second kappa shape index (κ2) is 5.97. The predicted molar refractivity (Wildman–Crippen MR) is 57.0 cm³/mol. The molecule has 0 aromatic carbocycles. The van der Waals surface area contributed by atoms with Crippen LogP contribution in [0.15, 0.2) is 0 Å². The van der Waals surface area contributed by atoms with Crippen LogP contribution in [0.5, 0.6) is 0 Å². The maximum Gasteiger partial charge on any atom is 0.370 e. The molecule has 6 nitrogen and oxygen atoms in total. The Morgan fingerprint density at radius 3 is 2.24 bits per heavy atom. The zero-order chi connectivity index (χ0) is 12.9. The third-order valence-electron chi connectivity index (χ3n) is 2.96. The van der Waals surface area contributed by atoms with Gasteiger partial charge in [0.25, 0.3) is 0 Å². The van der Waals surface area contributed by atoms with E-state index in [4.69, 9.17) is 10.2 Å². The Morgan fingerprint density at radius 1 is 1.18 bits per heavy atom. The van der Waals surface area contributed by atoms with Crippen molar-refractivity contribution in [1.82, 2.24) is 0 Å². The fourth-order valence-corrected chi connectivity index (χ4v) is 1.89. The first-order chi connectivity index (χ1) is 8.03. The lowest BCUT2D eigenvalue weighted by molar-refractivity contribution is -0.148. The summed E-state index contributed by atoms with van der Waals surface area (Å²) in [5, 5.41) is 17.6. The van der Waals surface area contributed by atoms with E-state index >= 15 is 0 Å². The smallest absolute Gasteiger partial charge is 0.370 e. The second-order valence-electron chi connectivity index (χ2n) is 4.26. The minimum absolute atomic E-state index is 0.0709. The van der Waals surface area contributed by atoms with Crippen molar-refractivity contribution in [3.8, 4) is 0 Å². The summed E-state index contributed by atoms with van der Waals surface area (Å²) in [7, 11) is 0. The molecule has 0 spiro atoms. The summed E-state index contributed by atoms with van der Waals surface area (Å²) in [6.45, 7) is 2.04. The normalized spacial score (nSPS) is 18.6. The lowest BCUT2D eigenvalue weighted by Gasteiger charge is -2.16. The highest BCUT2D eigenvalue weighted by atomic mass is 17.4. The van der Waals surface area contributed by atoms with Crippen LogP contribution in [0.25, 0.3) is 0 Å². The summed E-state index contributed by atoms with van der Waals surface area (Å²) in [6, 6.07) is 0. The molecule has 6 heteroatoms. The molecule has 0 amide bonds. The molecule has 1 fully saturated rings. The highest BCUT2D eigenvalue weighted by Crippen LogP contribution is 2.42. The highest BCUT2D eigenvalue weighted by molar-refractivity contribution is 5.77. The number of unbranched alkanes of at least 4 members (excludes halogenated alkanes) is 2. The van der Waals surface area contributed by atoms with Crippen molar-refractivity contribution in [3.05, 3.63) is 0 Å². The van der Waals surface area contributed by atoms with Gasteiger partial charge in [-0.25, -0.2) is 4.79 Å². The molecule has 0 bridgehead atoms. The second-order valence-corrected chi connectivity index (χ2v) is 4.26. The van der Waals surface area contributed by atoms with Gasteiger partial charge in [-0.2, -0.15) is 9.78 Å². The molecule has 1 aliphatic heterocycles. The molecule has 0 aromatic heterocycles. The maximum absolute atomic E-state index is 11.0. The summed E-state index contributed by atoms with van der Waals surface area (Å²) in [6.07, 6.45) is 3.65. The minimum atomic E-state index is -1.59. The lowest BCUT2D eigenvalue weighted by Crippen LogP contribution is -2.33. The van der Waals surface area contributed by atoms with E-state index in [1.165, 1.54) is 0 Å². The van der Waals surface area contributed by atoms with Crippen molar-refractivity contribution in [2.45, 2.75) is 51.2 Å². The Labute approximate surface area is 99.5 Å². The van der Waals surface area contributed by atoms with Crippen LogP contribution in [0, 0.1) is 5.92 Å². The van der Waals surface area contributed by atoms with Crippen molar-refractivity contribution in [2.24, 2.45) is 5.92 Å². The Hall–Kier alpha value is -1.14. The highest BCUT2D eigenvalue weighted by Gasteiger charge is 2.62. The van der Waals surface area contributed by atoms with E-state index in [0.29, 0.717) is 6.42 Å². The van der Waals surface area contributed by atoms with Crippen molar-refractivity contribution >= 4 is 11.9 Å². The SMILES string of the molecule is CCCCCC(CCC(=O)O)C1(C(=O)O)OO1. The van der Waals surface area contributed by atoms with E-state index in [2.05, 4.69) is 9.78 Å². The van der Waals surface area contributed by atoms with Crippen molar-refractivity contribution in [1.29, 1.82) is 0 Å². The average Bonchev–Trinajstić information content (AvgIpc) is 3.04. The summed E-state index contributed by atoms with van der Waals surface area (Å²) >= 11 is 0. The van der Waals surface area contributed by atoms with Crippen molar-refractivity contribution < 1.29 is 29.6 Å². The van der Waals surface area contributed by atoms with Crippen molar-refractivity contribution in [3.63, 3.8) is 0 Å². The molecule has 1 saturated heterocycles. The first-order valence-electron chi connectivity index (χ1n) is 5.85. The number of rotatable bonds is 9. The zero-order valence-electron chi connectivity index (χ0n) is 9.85. The van der Waals surface area contributed by atoms with Crippen molar-refractivity contribution in [2.75, 3.05) is 0 Å². The predicted octanol–water partition coefficient (Wildman–Crippen LogP) is 1.79. The fourth-order valence-electron chi connectivity index (χ4n) is 1.89. The fraction of sp³-hybridized carbons (Fsp3) is 0.818. The van der Waals surface area contributed by atoms with Crippen LogP contribution in [0.1, 0.15) is 45.4 Å². The number of carboxylic acids is 2. The molecule has 0 radical (unpaired) electrons. The van der Waals surface area contributed by atoms with Crippen LogP contribution in [0.2, 0.25) is 0 Å². The van der Waals surface area contributed by atoms with E-state index in [1.807, 2.05) is 6.92 Å². The molecule has 0 aliphatic carbocycles. The van der Waals surface area contributed by atoms with Crippen LogP contribution in [0.4, 0.5) is 0 Å². The van der Waals surface area contributed by atoms with Gasteiger partial charge < -0.3 is 10.2 Å². The van der Waals surface area contributed by atoms with Gasteiger partial charge in [-0.15, -0.1) is 0 Å². The molecule has 2 N–H and O–H groups in total. The summed E-state index contributed by atoms with van der Waals surface area (Å²) < 4.78 is 0. The third-order valence-corrected chi connectivity index (χ3v) is 2.96. The molecular formula is C11H18O6. The molecule has 1 aliphatic rings.